The summed E-state index contributed by atoms with van der Waals surface area (Å²) in [6.07, 6.45) is 1.82. The van der Waals surface area contributed by atoms with Crippen LogP contribution < -0.4 is 9.03 Å². The first-order valence-corrected chi connectivity index (χ1v) is 14.0. The highest BCUT2D eigenvalue weighted by Crippen LogP contribution is 2.26. The van der Waals surface area contributed by atoms with Gasteiger partial charge in [0.05, 0.1) is 22.0 Å². The molecular formula is C21H22FN3O4S3. The van der Waals surface area contributed by atoms with Crippen LogP contribution in [0.4, 0.5) is 10.1 Å². The van der Waals surface area contributed by atoms with Crippen molar-refractivity contribution in [2.24, 2.45) is 0 Å². The highest BCUT2D eigenvalue weighted by molar-refractivity contribution is 7.92. The summed E-state index contributed by atoms with van der Waals surface area (Å²) in [6.45, 7) is 0.567. The van der Waals surface area contributed by atoms with Crippen molar-refractivity contribution in [1.82, 2.24) is 9.71 Å². The smallest absolute Gasteiger partial charge is 0.240 e. The summed E-state index contributed by atoms with van der Waals surface area (Å²) in [5, 5.41) is 2.59. The Morgan fingerprint density at radius 1 is 1.06 bits per heavy atom. The second kappa shape index (κ2) is 9.26. The van der Waals surface area contributed by atoms with Crippen LogP contribution in [0.15, 0.2) is 58.8 Å². The van der Waals surface area contributed by atoms with E-state index in [1.165, 1.54) is 52.0 Å². The Hall–Kier alpha value is -2.34. The zero-order valence-corrected chi connectivity index (χ0v) is 19.5. The quantitative estimate of drug-likeness (QED) is 0.542. The molecule has 1 saturated heterocycles. The number of nitrogens with one attached hydrogen (secondary N) is 1. The van der Waals surface area contributed by atoms with Gasteiger partial charge < -0.3 is 0 Å². The minimum Gasteiger partial charge on any atom is -0.270 e. The Bertz CT molecular complexity index is 1290. The van der Waals surface area contributed by atoms with Gasteiger partial charge in [0, 0.05) is 30.5 Å². The van der Waals surface area contributed by atoms with Gasteiger partial charge in [-0.3, -0.25) is 4.31 Å². The molecule has 0 radical (unpaired) electrons. The molecule has 7 nitrogen and oxygen atoms in total. The Labute approximate surface area is 191 Å². The summed E-state index contributed by atoms with van der Waals surface area (Å²) in [6, 6.07) is 11.9. The number of sulfonamides is 2. The van der Waals surface area contributed by atoms with Gasteiger partial charge in [-0.05, 0) is 61.4 Å². The third-order valence-corrected chi connectivity index (χ3v) is 9.39. The Morgan fingerprint density at radius 2 is 1.78 bits per heavy atom. The van der Waals surface area contributed by atoms with E-state index in [-0.39, 0.29) is 23.0 Å². The molecular weight excluding hydrogens is 473 g/mol. The number of aromatic nitrogens is 1. The van der Waals surface area contributed by atoms with E-state index in [4.69, 9.17) is 0 Å². The van der Waals surface area contributed by atoms with Gasteiger partial charge in [-0.1, -0.05) is 0 Å². The first kappa shape index (κ1) is 22.8. The van der Waals surface area contributed by atoms with E-state index >= 15 is 0 Å². The van der Waals surface area contributed by atoms with E-state index in [0.29, 0.717) is 25.1 Å². The predicted octanol–water partition coefficient (Wildman–Crippen LogP) is 3.40. The van der Waals surface area contributed by atoms with Crippen LogP contribution in [-0.4, -0.2) is 40.7 Å². The van der Waals surface area contributed by atoms with Crippen LogP contribution in [0.2, 0.25) is 0 Å². The Morgan fingerprint density at radius 3 is 2.47 bits per heavy atom. The fourth-order valence-electron chi connectivity index (χ4n) is 3.41. The lowest BCUT2D eigenvalue weighted by Gasteiger charge is -2.28. The number of hydrogen-bond donors (Lipinski definition) is 1. The van der Waals surface area contributed by atoms with Gasteiger partial charge in [0.1, 0.15) is 10.8 Å². The number of anilines is 1. The topological polar surface area (TPSA) is 96.4 Å². The van der Waals surface area contributed by atoms with Gasteiger partial charge in [0.25, 0.3) is 0 Å². The Balaban J connectivity index is 1.37. The molecule has 0 atom stereocenters. The van der Waals surface area contributed by atoms with Crippen LogP contribution in [-0.2, 0) is 26.5 Å². The highest BCUT2D eigenvalue weighted by Gasteiger charge is 2.26. The summed E-state index contributed by atoms with van der Waals surface area (Å²) in [7, 11) is -7.09. The second-order valence-electron chi connectivity index (χ2n) is 7.39. The number of rotatable bonds is 7. The number of benzene rings is 2. The summed E-state index contributed by atoms with van der Waals surface area (Å²) in [5.74, 6) is -0.209. The SMILES string of the molecule is O=S(=O)(NCCc1csc(-c2ccc(F)cc2)n1)c1ccc(N2CCCCS2(=O)=O)cc1. The van der Waals surface area contributed by atoms with Crippen molar-refractivity contribution in [3.63, 3.8) is 0 Å². The standard InChI is InChI=1S/C21H22FN3O4S3/c22-17-5-3-16(4-6-17)21-24-18(15-30-21)11-12-23-32(28,29)20-9-7-19(8-10-20)25-13-1-2-14-31(25,26)27/h3-10,15,23H,1-2,11-14H2. The molecule has 170 valence electrons. The maximum absolute atomic E-state index is 13.1. The van der Waals surface area contributed by atoms with E-state index in [1.807, 2.05) is 5.38 Å². The molecule has 4 rings (SSSR count). The van der Waals surface area contributed by atoms with Crippen molar-refractivity contribution >= 4 is 37.1 Å². The minimum absolute atomic E-state index is 0.0703. The molecule has 1 fully saturated rings. The van der Waals surface area contributed by atoms with Crippen molar-refractivity contribution < 1.29 is 21.2 Å². The lowest BCUT2D eigenvalue weighted by atomic mass is 10.2. The summed E-state index contributed by atoms with van der Waals surface area (Å²) in [5.41, 5.74) is 2.01. The molecule has 2 aromatic carbocycles. The monoisotopic (exact) mass is 495 g/mol. The van der Waals surface area contributed by atoms with Gasteiger partial charge in [-0.25, -0.2) is 30.9 Å². The lowest BCUT2D eigenvalue weighted by Crippen LogP contribution is -2.37. The van der Waals surface area contributed by atoms with Crippen molar-refractivity contribution in [1.29, 1.82) is 0 Å². The van der Waals surface area contributed by atoms with Crippen molar-refractivity contribution in [2.45, 2.75) is 24.2 Å². The van der Waals surface area contributed by atoms with Gasteiger partial charge in [0.15, 0.2) is 0 Å². The van der Waals surface area contributed by atoms with Crippen LogP contribution in [0.1, 0.15) is 18.5 Å². The highest BCUT2D eigenvalue weighted by atomic mass is 32.2. The van der Waals surface area contributed by atoms with Gasteiger partial charge in [-0.2, -0.15) is 0 Å². The van der Waals surface area contributed by atoms with Crippen LogP contribution in [0.3, 0.4) is 0 Å². The molecule has 2 heterocycles. The van der Waals surface area contributed by atoms with Crippen molar-refractivity contribution in [2.75, 3.05) is 23.1 Å². The molecule has 32 heavy (non-hydrogen) atoms. The number of halogens is 1. The predicted molar refractivity (Wildman–Crippen MR) is 123 cm³/mol. The van der Waals surface area contributed by atoms with Crippen LogP contribution >= 0.6 is 11.3 Å². The molecule has 1 aliphatic rings. The van der Waals surface area contributed by atoms with Crippen molar-refractivity contribution in [3.8, 4) is 10.6 Å². The van der Waals surface area contributed by atoms with Crippen LogP contribution in [0, 0.1) is 5.82 Å². The third-order valence-electron chi connectivity index (χ3n) is 5.10. The van der Waals surface area contributed by atoms with E-state index in [9.17, 15) is 21.2 Å². The zero-order valence-electron chi connectivity index (χ0n) is 17.1. The molecule has 0 saturated carbocycles. The molecule has 3 aromatic rings. The molecule has 11 heteroatoms. The van der Waals surface area contributed by atoms with E-state index in [2.05, 4.69) is 9.71 Å². The summed E-state index contributed by atoms with van der Waals surface area (Å²) >= 11 is 1.41. The van der Waals surface area contributed by atoms with Gasteiger partial charge in [-0.15, -0.1) is 11.3 Å². The number of nitrogens with zero attached hydrogens (tertiary/aromatic N) is 2. The third kappa shape index (κ3) is 5.17. The molecule has 0 aliphatic carbocycles. The molecule has 0 unspecified atom stereocenters. The molecule has 1 aliphatic heterocycles. The fourth-order valence-corrected chi connectivity index (χ4v) is 6.95. The van der Waals surface area contributed by atoms with Crippen LogP contribution in [0.25, 0.3) is 10.6 Å². The molecule has 0 bridgehead atoms. The second-order valence-corrected chi connectivity index (χ2v) is 12.0. The first-order chi connectivity index (χ1) is 15.2. The van der Waals surface area contributed by atoms with E-state index in [0.717, 1.165) is 22.7 Å². The normalized spacial score (nSPS) is 16.2. The number of thiazole rings is 1. The summed E-state index contributed by atoms with van der Waals surface area (Å²) < 4.78 is 66.6. The number of hydrogen-bond acceptors (Lipinski definition) is 6. The largest absolute Gasteiger partial charge is 0.270 e. The summed E-state index contributed by atoms with van der Waals surface area (Å²) in [4.78, 5) is 4.55. The van der Waals surface area contributed by atoms with E-state index in [1.54, 1.807) is 12.1 Å². The molecule has 1 aromatic heterocycles. The van der Waals surface area contributed by atoms with E-state index < -0.39 is 20.0 Å². The van der Waals surface area contributed by atoms with Crippen LogP contribution in [0.5, 0.6) is 0 Å². The maximum atomic E-state index is 13.1. The first-order valence-electron chi connectivity index (χ1n) is 10.1. The minimum atomic E-state index is -3.74. The molecule has 0 spiro atoms. The van der Waals surface area contributed by atoms with Gasteiger partial charge in [0.2, 0.25) is 20.0 Å². The van der Waals surface area contributed by atoms with Crippen molar-refractivity contribution in [3.05, 3.63) is 65.4 Å². The average Bonchev–Trinajstić information content (AvgIpc) is 3.23. The van der Waals surface area contributed by atoms with Gasteiger partial charge >= 0.3 is 0 Å². The Kier molecular flexibility index (Phi) is 6.61. The molecule has 0 amide bonds. The lowest BCUT2D eigenvalue weighted by molar-refractivity contribution is 0.574. The molecule has 1 N–H and O–H groups in total. The maximum Gasteiger partial charge on any atom is 0.240 e. The zero-order chi connectivity index (χ0) is 22.8. The fraction of sp³-hybridized carbons (Fsp3) is 0.286. The average molecular weight is 496 g/mol.